The summed E-state index contributed by atoms with van der Waals surface area (Å²) in [7, 11) is 1.68. The van der Waals surface area contributed by atoms with Crippen LogP contribution in [0.25, 0.3) is 11.0 Å². The highest BCUT2D eigenvalue weighted by molar-refractivity contribution is 6.35. The minimum Gasteiger partial charge on any atom is -0.477 e. The van der Waals surface area contributed by atoms with E-state index in [4.69, 9.17) is 16.3 Å². The van der Waals surface area contributed by atoms with Crippen molar-refractivity contribution < 1.29 is 18.7 Å². The number of carbonyl (C=O) groups is 2. The fourth-order valence-electron chi connectivity index (χ4n) is 4.81. The Bertz CT molecular complexity index is 1490. The predicted molar refractivity (Wildman–Crippen MR) is 140 cm³/mol. The lowest BCUT2D eigenvalue weighted by molar-refractivity contribution is 0.0671. The molecule has 1 saturated heterocycles. The lowest BCUT2D eigenvalue weighted by atomic mass is 9.85. The molecular weight excluding hydrogens is 511 g/mol. The first-order chi connectivity index (χ1) is 18.3. The van der Waals surface area contributed by atoms with E-state index in [0.29, 0.717) is 59.3 Å². The zero-order chi connectivity index (χ0) is 26.8. The van der Waals surface area contributed by atoms with E-state index in [2.05, 4.69) is 20.4 Å². The molecule has 1 fully saturated rings. The molecule has 0 bridgehead atoms. The Morgan fingerprint density at radius 1 is 1.16 bits per heavy atom. The second-order valence-corrected chi connectivity index (χ2v) is 9.49. The van der Waals surface area contributed by atoms with Crippen molar-refractivity contribution in [3.8, 4) is 5.88 Å². The van der Waals surface area contributed by atoms with Crippen LogP contribution in [0, 0.1) is 5.82 Å². The molecule has 4 aromatic rings. The number of hydrogen-bond acceptors (Lipinski definition) is 6. The van der Waals surface area contributed by atoms with Gasteiger partial charge in [0.1, 0.15) is 17.0 Å². The van der Waals surface area contributed by atoms with Gasteiger partial charge in [-0.05, 0) is 43.2 Å². The van der Waals surface area contributed by atoms with Crippen molar-refractivity contribution in [1.82, 2.24) is 30.0 Å². The average molecular weight is 537 g/mol. The predicted octanol–water partition coefficient (Wildman–Crippen LogP) is 3.98. The number of rotatable bonds is 6. The van der Waals surface area contributed by atoms with Crippen LogP contribution in [-0.4, -0.2) is 62.2 Å². The molecule has 2 amide bonds. The maximum absolute atomic E-state index is 13.7. The Balaban J connectivity index is 1.40. The fraction of sp³-hybridized carbons (Fsp3) is 0.296. The van der Waals surface area contributed by atoms with Gasteiger partial charge in [0.05, 0.1) is 17.1 Å². The van der Waals surface area contributed by atoms with Crippen molar-refractivity contribution in [1.29, 1.82) is 0 Å². The third-order valence-corrected chi connectivity index (χ3v) is 6.96. The molecule has 2 atom stereocenters. The molecular formula is C27H26ClFN6O3. The third-order valence-electron chi connectivity index (χ3n) is 6.67. The van der Waals surface area contributed by atoms with Crippen molar-refractivity contribution in [3.63, 3.8) is 0 Å². The number of fused-ring (bicyclic) bond motifs is 1. The summed E-state index contributed by atoms with van der Waals surface area (Å²) in [6.07, 6.45) is 3.59. The van der Waals surface area contributed by atoms with Crippen LogP contribution in [0.5, 0.6) is 5.88 Å². The first-order valence-corrected chi connectivity index (χ1v) is 12.6. The number of halogens is 2. The molecule has 2 aromatic carbocycles. The maximum atomic E-state index is 13.7. The third kappa shape index (κ3) is 5.17. The molecule has 1 aliphatic heterocycles. The number of carbonyl (C=O) groups excluding carboxylic acids is 2. The normalized spacial score (nSPS) is 17.4. The largest absolute Gasteiger partial charge is 0.477 e. The van der Waals surface area contributed by atoms with E-state index in [1.165, 1.54) is 16.8 Å². The number of aryl methyl sites for hydroxylation is 1. The van der Waals surface area contributed by atoms with E-state index in [-0.39, 0.29) is 29.6 Å². The smallest absolute Gasteiger partial charge is 0.269 e. The molecule has 196 valence electrons. The second kappa shape index (κ2) is 10.7. The van der Waals surface area contributed by atoms with Gasteiger partial charge in [-0.2, -0.15) is 0 Å². The minimum atomic E-state index is -0.358. The number of nitrogens with one attached hydrogen (secondary N) is 1. The summed E-state index contributed by atoms with van der Waals surface area (Å²) < 4.78 is 20.6. The molecule has 5 rings (SSSR count). The van der Waals surface area contributed by atoms with E-state index in [1.54, 1.807) is 54.7 Å². The molecule has 0 saturated carbocycles. The minimum absolute atomic E-state index is 0.204. The lowest BCUT2D eigenvalue weighted by Gasteiger charge is -2.39. The second-order valence-electron chi connectivity index (χ2n) is 9.08. The molecule has 2 aromatic heterocycles. The van der Waals surface area contributed by atoms with E-state index < -0.39 is 0 Å². The summed E-state index contributed by atoms with van der Waals surface area (Å²) in [5.74, 6) is -0.766. The Morgan fingerprint density at radius 3 is 2.68 bits per heavy atom. The highest BCUT2D eigenvalue weighted by Crippen LogP contribution is 2.30. The number of ether oxygens (including phenoxy) is 1. The quantitative estimate of drug-likeness (QED) is 0.400. The van der Waals surface area contributed by atoms with Gasteiger partial charge in [-0.15, -0.1) is 5.10 Å². The van der Waals surface area contributed by atoms with Gasteiger partial charge in [0, 0.05) is 56.1 Å². The average Bonchev–Trinajstić information content (AvgIpc) is 3.29. The van der Waals surface area contributed by atoms with Gasteiger partial charge in [-0.25, -0.2) is 4.39 Å². The molecule has 9 nitrogen and oxygen atoms in total. The van der Waals surface area contributed by atoms with E-state index in [9.17, 15) is 14.0 Å². The first kappa shape index (κ1) is 25.6. The van der Waals surface area contributed by atoms with Gasteiger partial charge in [-0.3, -0.25) is 24.2 Å². The van der Waals surface area contributed by atoms with Crippen molar-refractivity contribution >= 4 is 34.4 Å². The molecule has 0 spiro atoms. The lowest BCUT2D eigenvalue weighted by Crippen LogP contribution is -2.51. The highest BCUT2D eigenvalue weighted by atomic mass is 35.5. The summed E-state index contributed by atoms with van der Waals surface area (Å²) in [5, 5.41) is 7.66. The van der Waals surface area contributed by atoms with Gasteiger partial charge in [0.25, 0.3) is 11.8 Å². The molecule has 3 heterocycles. The van der Waals surface area contributed by atoms with Crippen LogP contribution in [0.2, 0.25) is 5.02 Å². The molecule has 0 unspecified atom stereocenters. The highest BCUT2D eigenvalue weighted by Gasteiger charge is 2.35. The molecule has 38 heavy (non-hydrogen) atoms. The fourth-order valence-corrected chi connectivity index (χ4v) is 5.07. The zero-order valence-corrected chi connectivity index (χ0v) is 21.7. The number of benzene rings is 2. The number of amides is 2. The van der Waals surface area contributed by atoms with Gasteiger partial charge < -0.3 is 15.0 Å². The summed E-state index contributed by atoms with van der Waals surface area (Å²) in [6.45, 7) is 3.01. The summed E-state index contributed by atoms with van der Waals surface area (Å²) in [4.78, 5) is 36.9. The number of piperidine rings is 1. The van der Waals surface area contributed by atoms with Crippen molar-refractivity contribution in [2.24, 2.45) is 7.05 Å². The Kier molecular flexibility index (Phi) is 7.24. The van der Waals surface area contributed by atoms with Crippen molar-refractivity contribution in [2.75, 3.05) is 19.7 Å². The molecule has 1 N–H and O–H groups in total. The Labute approximate surface area is 223 Å². The first-order valence-electron chi connectivity index (χ1n) is 12.3. The number of aromatic nitrogens is 4. The van der Waals surface area contributed by atoms with Crippen molar-refractivity contribution in [2.45, 2.75) is 25.3 Å². The molecule has 0 aliphatic carbocycles. The van der Waals surface area contributed by atoms with Gasteiger partial charge in [0.15, 0.2) is 0 Å². The van der Waals surface area contributed by atoms with Crippen LogP contribution in [0.1, 0.15) is 45.7 Å². The van der Waals surface area contributed by atoms with Crippen LogP contribution in [0.3, 0.4) is 0 Å². The van der Waals surface area contributed by atoms with Crippen molar-refractivity contribution in [3.05, 3.63) is 82.5 Å². The SMILES string of the molecule is CCOc1cc(C(=O)N[C@@H]2CCN(C(=O)c3cc(Cl)c4nccnc4c3)C[C@@H]2c2ccc(F)cc2)n(C)n1. The number of hydrogen-bond donors (Lipinski definition) is 1. The molecule has 11 heteroatoms. The molecule has 1 aliphatic rings. The number of likely N-dealkylation sites (tertiary alicyclic amines) is 1. The van der Waals surface area contributed by atoms with Crippen LogP contribution >= 0.6 is 11.6 Å². The Hall–Kier alpha value is -4.05. The summed E-state index contributed by atoms with van der Waals surface area (Å²) in [6, 6.07) is 10.7. The topological polar surface area (TPSA) is 102 Å². The van der Waals surface area contributed by atoms with Crippen LogP contribution in [0.4, 0.5) is 4.39 Å². The summed E-state index contributed by atoms with van der Waals surface area (Å²) in [5.41, 5.74) is 2.64. The van der Waals surface area contributed by atoms with Crippen LogP contribution in [0.15, 0.2) is 54.9 Å². The summed E-state index contributed by atoms with van der Waals surface area (Å²) >= 11 is 6.39. The molecule has 0 radical (unpaired) electrons. The van der Waals surface area contributed by atoms with E-state index in [0.717, 1.165) is 5.56 Å². The number of nitrogens with zero attached hydrogens (tertiary/aromatic N) is 5. The van der Waals surface area contributed by atoms with Gasteiger partial charge >= 0.3 is 0 Å². The monoisotopic (exact) mass is 536 g/mol. The zero-order valence-electron chi connectivity index (χ0n) is 20.9. The van der Waals surface area contributed by atoms with E-state index in [1.807, 2.05) is 6.92 Å². The standard InChI is InChI=1S/C27H26ClFN6O3/c1-3-38-24-14-23(34(2)33-24)26(36)32-21-8-11-35(15-19(21)16-4-6-18(29)7-5-16)27(37)17-12-20(28)25-22(13-17)30-9-10-31-25/h4-7,9-10,12-14,19,21H,3,8,11,15H2,1-2H3,(H,32,36)/t19-,21-/m1/s1. The van der Waals surface area contributed by atoms with Gasteiger partial charge in [-0.1, -0.05) is 23.7 Å². The van der Waals surface area contributed by atoms with E-state index >= 15 is 0 Å². The van der Waals surface area contributed by atoms with Crippen LogP contribution < -0.4 is 10.1 Å². The van der Waals surface area contributed by atoms with Gasteiger partial charge in [0.2, 0.25) is 5.88 Å². The maximum Gasteiger partial charge on any atom is 0.269 e. The Morgan fingerprint density at radius 2 is 1.92 bits per heavy atom. The van der Waals surface area contributed by atoms with Crippen LogP contribution in [-0.2, 0) is 7.05 Å².